The van der Waals surface area contributed by atoms with E-state index in [1.54, 1.807) is 0 Å². The number of alkyl halides is 3. The number of nitrogens with zero attached hydrogens (tertiary/aromatic N) is 1. The molecule has 0 saturated heterocycles. The fraction of sp³-hybridized carbons (Fsp3) is 0.500. The Kier molecular flexibility index (Phi) is 1.99. The highest BCUT2D eigenvalue weighted by Gasteiger charge is 2.38. The highest BCUT2D eigenvalue weighted by Crippen LogP contribution is 2.35. The zero-order chi connectivity index (χ0) is 9.35. The topological polar surface area (TPSA) is 37.9 Å². The summed E-state index contributed by atoms with van der Waals surface area (Å²) in [4.78, 5) is 0. The minimum Gasteiger partial charge on any atom is -0.493 e. The maximum atomic E-state index is 12.1. The summed E-state index contributed by atoms with van der Waals surface area (Å²) in [5.74, 6) is -0.248. The number of aryl methyl sites for hydroxylation is 1. The van der Waals surface area contributed by atoms with Gasteiger partial charge in [0.05, 0.1) is 12.8 Å². The average molecular weight is 180 g/mol. The van der Waals surface area contributed by atoms with Gasteiger partial charge >= 0.3 is 6.18 Å². The molecule has 6 heteroatoms. The van der Waals surface area contributed by atoms with Crippen molar-refractivity contribution in [1.82, 2.24) is 10.2 Å². The lowest BCUT2D eigenvalue weighted by Crippen LogP contribution is -2.07. The predicted molar refractivity (Wildman–Crippen MR) is 34.9 cm³/mol. The highest BCUT2D eigenvalue weighted by atomic mass is 19.4. The van der Waals surface area contributed by atoms with Crippen molar-refractivity contribution in [2.75, 3.05) is 7.11 Å². The number of H-pyrrole nitrogens is 1. The van der Waals surface area contributed by atoms with Gasteiger partial charge in [0, 0.05) is 0 Å². The molecular formula is C6H7F3N2O. The third kappa shape index (κ3) is 1.37. The van der Waals surface area contributed by atoms with E-state index in [2.05, 4.69) is 14.9 Å². The third-order valence-electron chi connectivity index (χ3n) is 1.36. The van der Waals surface area contributed by atoms with Crippen LogP contribution in [0.15, 0.2) is 0 Å². The molecule has 0 aliphatic carbocycles. The first-order valence-electron chi connectivity index (χ1n) is 3.13. The Hall–Kier alpha value is -1.20. The second-order valence-corrected chi connectivity index (χ2v) is 2.23. The van der Waals surface area contributed by atoms with Crippen LogP contribution in [-0.4, -0.2) is 17.3 Å². The van der Waals surface area contributed by atoms with Gasteiger partial charge in [-0.05, 0) is 6.92 Å². The van der Waals surface area contributed by atoms with Gasteiger partial charge in [0.2, 0.25) is 5.69 Å². The van der Waals surface area contributed by atoms with Gasteiger partial charge in [-0.1, -0.05) is 0 Å². The Morgan fingerprint density at radius 1 is 1.42 bits per heavy atom. The van der Waals surface area contributed by atoms with Gasteiger partial charge in [-0.2, -0.15) is 18.3 Å². The monoisotopic (exact) mass is 180 g/mol. The van der Waals surface area contributed by atoms with Gasteiger partial charge in [0.25, 0.3) is 0 Å². The van der Waals surface area contributed by atoms with Crippen LogP contribution < -0.4 is 4.74 Å². The molecule has 0 aliphatic heterocycles. The summed E-state index contributed by atoms with van der Waals surface area (Å²) in [5, 5.41) is 5.28. The zero-order valence-electron chi connectivity index (χ0n) is 6.49. The summed E-state index contributed by atoms with van der Waals surface area (Å²) in [6.45, 7) is 1.46. The number of ether oxygens (including phenoxy) is 1. The fourth-order valence-corrected chi connectivity index (χ4v) is 0.861. The average Bonchev–Trinajstić information content (AvgIpc) is 2.29. The number of methoxy groups -OCH3 is 1. The van der Waals surface area contributed by atoms with Gasteiger partial charge in [-0.15, -0.1) is 0 Å². The van der Waals surface area contributed by atoms with Crippen molar-refractivity contribution < 1.29 is 17.9 Å². The quantitative estimate of drug-likeness (QED) is 0.714. The van der Waals surface area contributed by atoms with E-state index in [9.17, 15) is 13.2 Å². The molecule has 12 heavy (non-hydrogen) atoms. The molecule has 68 valence electrons. The second-order valence-electron chi connectivity index (χ2n) is 2.23. The summed E-state index contributed by atoms with van der Waals surface area (Å²) < 4.78 is 40.8. The van der Waals surface area contributed by atoms with Crippen molar-refractivity contribution in [3.8, 4) is 5.75 Å². The van der Waals surface area contributed by atoms with E-state index in [-0.39, 0.29) is 11.4 Å². The fourth-order valence-electron chi connectivity index (χ4n) is 0.861. The summed E-state index contributed by atoms with van der Waals surface area (Å²) in [7, 11) is 1.17. The molecule has 3 nitrogen and oxygen atoms in total. The molecule has 1 aromatic heterocycles. The van der Waals surface area contributed by atoms with Crippen molar-refractivity contribution >= 4 is 0 Å². The van der Waals surface area contributed by atoms with Crippen LogP contribution in [0.1, 0.15) is 11.4 Å². The number of hydrogen-bond acceptors (Lipinski definition) is 2. The van der Waals surface area contributed by atoms with E-state index in [1.165, 1.54) is 14.0 Å². The summed E-state index contributed by atoms with van der Waals surface area (Å²) >= 11 is 0. The molecule has 0 atom stereocenters. The van der Waals surface area contributed by atoms with Gasteiger partial charge < -0.3 is 4.74 Å². The van der Waals surface area contributed by atoms with E-state index in [0.29, 0.717) is 0 Å². The molecule has 1 rings (SSSR count). The molecule has 1 heterocycles. The lowest BCUT2D eigenvalue weighted by molar-refractivity contribution is -0.142. The van der Waals surface area contributed by atoms with Gasteiger partial charge in [0.15, 0.2) is 5.75 Å². The molecule has 0 aromatic carbocycles. The Morgan fingerprint density at radius 3 is 2.33 bits per heavy atom. The summed E-state index contributed by atoms with van der Waals surface area (Å²) in [5.41, 5.74) is -0.743. The van der Waals surface area contributed by atoms with Crippen molar-refractivity contribution in [3.63, 3.8) is 0 Å². The minimum absolute atomic E-state index is 0.248. The maximum absolute atomic E-state index is 12.1. The Labute approximate surface area is 66.5 Å². The molecule has 0 fully saturated rings. The number of aromatic amines is 1. The lowest BCUT2D eigenvalue weighted by atomic mass is 10.3. The molecule has 1 N–H and O–H groups in total. The zero-order valence-corrected chi connectivity index (χ0v) is 6.49. The van der Waals surface area contributed by atoms with Crippen molar-refractivity contribution in [3.05, 3.63) is 11.4 Å². The van der Waals surface area contributed by atoms with Crippen LogP contribution in [0.4, 0.5) is 13.2 Å². The van der Waals surface area contributed by atoms with Crippen molar-refractivity contribution in [1.29, 1.82) is 0 Å². The van der Waals surface area contributed by atoms with Gasteiger partial charge in [-0.25, -0.2) is 0 Å². The van der Waals surface area contributed by atoms with Crippen LogP contribution in [0.25, 0.3) is 0 Å². The smallest absolute Gasteiger partial charge is 0.438 e. The minimum atomic E-state index is -4.46. The predicted octanol–water partition coefficient (Wildman–Crippen LogP) is 1.75. The molecule has 0 aliphatic rings. The van der Waals surface area contributed by atoms with Crippen LogP contribution in [-0.2, 0) is 6.18 Å². The summed E-state index contributed by atoms with van der Waals surface area (Å²) in [6, 6.07) is 0. The van der Waals surface area contributed by atoms with E-state index >= 15 is 0 Å². The SMILES string of the molecule is COc1c(C(F)(F)F)n[nH]c1C. The second kappa shape index (κ2) is 2.69. The number of nitrogens with one attached hydrogen (secondary N) is 1. The molecule has 0 radical (unpaired) electrons. The Bertz CT molecular complexity index is 279. The van der Waals surface area contributed by atoms with Crippen LogP contribution >= 0.6 is 0 Å². The number of hydrogen-bond donors (Lipinski definition) is 1. The standard InChI is InChI=1S/C6H7F3N2O/c1-3-4(12-2)5(11-10-3)6(7,8)9/h1-2H3,(H,10,11). The molecular weight excluding hydrogens is 173 g/mol. The van der Waals surface area contributed by atoms with Gasteiger partial charge in [-0.3, -0.25) is 5.10 Å². The molecule has 0 spiro atoms. The third-order valence-corrected chi connectivity index (χ3v) is 1.36. The first kappa shape index (κ1) is 8.89. The van der Waals surface area contributed by atoms with E-state index in [4.69, 9.17) is 0 Å². The van der Waals surface area contributed by atoms with E-state index in [1.807, 2.05) is 0 Å². The highest BCUT2D eigenvalue weighted by molar-refractivity contribution is 5.33. The van der Waals surface area contributed by atoms with Crippen LogP contribution in [0, 0.1) is 6.92 Å². The molecule has 0 saturated carbocycles. The first-order valence-corrected chi connectivity index (χ1v) is 3.13. The number of aromatic nitrogens is 2. The van der Waals surface area contributed by atoms with Crippen molar-refractivity contribution in [2.45, 2.75) is 13.1 Å². The first-order chi connectivity index (χ1) is 5.46. The van der Waals surface area contributed by atoms with Crippen LogP contribution in [0.2, 0.25) is 0 Å². The number of rotatable bonds is 1. The largest absolute Gasteiger partial charge is 0.493 e. The normalized spacial score (nSPS) is 11.8. The maximum Gasteiger partial charge on any atom is 0.438 e. The van der Waals surface area contributed by atoms with E-state index in [0.717, 1.165) is 0 Å². The van der Waals surface area contributed by atoms with Crippen LogP contribution in [0.5, 0.6) is 5.75 Å². The molecule has 0 amide bonds. The molecule has 1 aromatic rings. The van der Waals surface area contributed by atoms with E-state index < -0.39 is 11.9 Å². The Morgan fingerprint density at radius 2 is 2.00 bits per heavy atom. The lowest BCUT2D eigenvalue weighted by Gasteiger charge is -2.04. The Balaban J connectivity index is 3.16. The number of halogens is 3. The van der Waals surface area contributed by atoms with Crippen LogP contribution in [0.3, 0.4) is 0 Å². The molecule has 0 unspecified atom stereocenters. The molecule has 0 bridgehead atoms. The summed E-state index contributed by atoms with van der Waals surface area (Å²) in [6.07, 6.45) is -4.46. The van der Waals surface area contributed by atoms with Gasteiger partial charge in [0.1, 0.15) is 0 Å². The van der Waals surface area contributed by atoms with Crippen molar-refractivity contribution in [2.24, 2.45) is 0 Å².